The second kappa shape index (κ2) is 4.21. The lowest BCUT2D eigenvalue weighted by Gasteiger charge is -2.22. The van der Waals surface area contributed by atoms with Crippen molar-refractivity contribution in [1.29, 1.82) is 0 Å². The van der Waals surface area contributed by atoms with Gasteiger partial charge in [0, 0.05) is 5.92 Å². The third kappa shape index (κ3) is 4.32. The summed E-state index contributed by atoms with van der Waals surface area (Å²) in [6.45, 7) is 7.06. The Hall–Kier alpha value is -1.06. The number of carbonyl (C=O) groups excluding carboxylic acids is 2. The van der Waals surface area contributed by atoms with Gasteiger partial charge in [0.25, 0.3) is 0 Å². The van der Waals surface area contributed by atoms with Crippen LogP contribution in [0.25, 0.3) is 0 Å². The fourth-order valence-corrected chi connectivity index (χ4v) is 1.13. The van der Waals surface area contributed by atoms with Crippen molar-refractivity contribution >= 4 is 11.9 Å². The summed E-state index contributed by atoms with van der Waals surface area (Å²) < 4.78 is 5.15. The van der Waals surface area contributed by atoms with Gasteiger partial charge in [0.05, 0.1) is 0 Å². The zero-order valence-electron chi connectivity index (χ0n) is 9.79. The van der Waals surface area contributed by atoms with Crippen LogP contribution in [0.2, 0.25) is 0 Å². The molecule has 0 saturated heterocycles. The van der Waals surface area contributed by atoms with Crippen molar-refractivity contribution < 1.29 is 14.3 Å². The fourth-order valence-electron chi connectivity index (χ4n) is 1.13. The van der Waals surface area contributed by atoms with Crippen LogP contribution in [0.4, 0.5) is 0 Å². The maximum atomic E-state index is 11.5. The lowest BCUT2D eigenvalue weighted by atomic mass is 10.2. The van der Waals surface area contributed by atoms with E-state index in [1.54, 1.807) is 27.7 Å². The number of esters is 1. The van der Waals surface area contributed by atoms with E-state index >= 15 is 0 Å². The molecule has 1 rings (SSSR count). The number of hydrogen-bond acceptors (Lipinski definition) is 3. The van der Waals surface area contributed by atoms with Gasteiger partial charge in [-0.2, -0.15) is 0 Å². The van der Waals surface area contributed by atoms with Crippen molar-refractivity contribution in [2.45, 2.75) is 52.2 Å². The normalized spacial score (nSPS) is 18.1. The molecule has 4 heteroatoms. The summed E-state index contributed by atoms with van der Waals surface area (Å²) in [5.74, 6) is -0.292. The Morgan fingerprint density at radius 1 is 1.33 bits per heavy atom. The molecular weight excluding hydrogens is 194 g/mol. The van der Waals surface area contributed by atoms with Crippen molar-refractivity contribution in [3.63, 3.8) is 0 Å². The Balaban J connectivity index is 2.35. The first-order valence-corrected chi connectivity index (χ1v) is 5.33. The molecule has 0 spiro atoms. The molecule has 1 atom stereocenters. The topological polar surface area (TPSA) is 55.4 Å². The van der Waals surface area contributed by atoms with Crippen LogP contribution in [-0.2, 0) is 14.3 Å². The second-order valence-corrected chi connectivity index (χ2v) is 5.04. The molecule has 0 radical (unpaired) electrons. The molecule has 0 bridgehead atoms. The summed E-state index contributed by atoms with van der Waals surface area (Å²) in [6, 6.07) is -0.558. The third-order valence-corrected chi connectivity index (χ3v) is 2.07. The van der Waals surface area contributed by atoms with E-state index in [1.807, 2.05) is 0 Å². The molecule has 1 saturated carbocycles. The lowest BCUT2D eigenvalue weighted by Crippen LogP contribution is -2.42. The zero-order chi connectivity index (χ0) is 11.6. The van der Waals surface area contributed by atoms with E-state index in [9.17, 15) is 9.59 Å². The molecule has 15 heavy (non-hydrogen) atoms. The van der Waals surface area contributed by atoms with E-state index in [0.717, 1.165) is 12.8 Å². The van der Waals surface area contributed by atoms with Crippen molar-refractivity contribution in [3.8, 4) is 0 Å². The van der Waals surface area contributed by atoms with E-state index in [1.165, 1.54) is 0 Å². The first-order chi connectivity index (χ1) is 6.79. The van der Waals surface area contributed by atoms with Crippen molar-refractivity contribution in [2.24, 2.45) is 5.92 Å². The van der Waals surface area contributed by atoms with E-state index in [0.29, 0.717) is 0 Å². The molecule has 1 amide bonds. The highest BCUT2D eigenvalue weighted by Crippen LogP contribution is 2.28. The van der Waals surface area contributed by atoms with Crippen LogP contribution in [-0.4, -0.2) is 23.5 Å². The highest BCUT2D eigenvalue weighted by atomic mass is 16.6. The van der Waals surface area contributed by atoms with Gasteiger partial charge in [-0.3, -0.25) is 4.79 Å². The van der Waals surface area contributed by atoms with Gasteiger partial charge < -0.3 is 10.1 Å². The molecule has 0 aromatic rings. The number of nitrogens with one attached hydrogen (secondary N) is 1. The monoisotopic (exact) mass is 213 g/mol. The third-order valence-electron chi connectivity index (χ3n) is 2.07. The summed E-state index contributed by atoms with van der Waals surface area (Å²) in [7, 11) is 0. The van der Waals surface area contributed by atoms with Crippen LogP contribution in [0.3, 0.4) is 0 Å². The first-order valence-electron chi connectivity index (χ1n) is 5.33. The molecule has 4 nitrogen and oxygen atoms in total. The molecule has 1 fully saturated rings. The predicted molar refractivity (Wildman–Crippen MR) is 56.2 cm³/mol. The molecule has 1 unspecified atom stereocenters. The van der Waals surface area contributed by atoms with Gasteiger partial charge in [-0.1, -0.05) is 0 Å². The SMILES string of the molecule is CC(NC(=O)C1CC1)C(=O)OC(C)(C)C. The molecule has 86 valence electrons. The highest BCUT2D eigenvalue weighted by molar-refractivity contribution is 5.86. The molecule has 0 aliphatic heterocycles. The molecule has 0 aromatic heterocycles. The summed E-state index contributed by atoms with van der Waals surface area (Å²) >= 11 is 0. The number of rotatable bonds is 3. The number of carbonyl (C=O) groups is 2. The predicted octanol–water partition coefficient (Wildman–Crippen LogP) is 1.24. The molecular formula is C11H19NO3. The summed E-state index contributed by atoms with van der Waals surface area (Å²) in [6.07, 6.45) is 1.87. The van der Waals surface area contributed by atoms with Crippen LogP contribution < -0.4 is 5.32 Å². The van der Waals surface area contributed by atoms with Gasteiger partial charge in [-0.25, -0.2) is 4.79 Å². The lowest BCUT2D eigenvalue weighted by molar-refractivity contribution is -0.158. The second-order valence-electron chi connectivity index (χ2n) is 5.04. The maximum absolute atomic E-state index is 11.5. The fraction of sp³-hybridized carbons (Fsp3) is 0.818. The molecule has 1 aliphatic rings. The van der Waals surface area contributed by atoms with Gasteiger partial charge in [0.2, 0.25) is 5.91 Å². The maximum Gasteiger partial charge on any atom is 0.328 e. The Kier molecular flexibility index (Phi) is 3.37. The minimum atomic E-state index is -0.558. The van der Waals surface area contributed by atoms with E-state index in [4.69, 9.17) is 4.74 Å². The zero-order valence-corrected chi connectivity index (χ0v) is 9.79. The number of ether oxygens (including phenoxy) is 1. The van der Waals surface area contributed by atoms with Crippen molar-refractivity contribution in [3.05, 3.63) is 0 Å². The minimum Gasteiger partial charge on any atom is -0.458 e. The number of hydrogen-bond donors (Lipinski definition) is 1. The van der Waals surface area contributed by atoms with Crippen LogP contribution in [0, 0.1) is 5.92 Å². The van der Waals surface area contributed by atoms with Crippen LogP contribution >= 0.6 is 0 Å². The quantitative estimate of drug-likeness (QED) is 0.718. The summed E-state index contributed by atoms with van der Waals surface area (Å²) in [5.41, 5.74) is -0.504. The highest BCUT2D eigenvalue weighted by Gasteiger charge is 2.32. The Morgan fingerprint density at radius 2 is 1.87 bits per heavy atom. The van der Waals surface area contributed by atoms with Crippen molar-refractivity contribution in [2.75, 3.05) is 0 Å². The van der Waals surface area contributed by atoms with E-state index in [2.05, 4.69) is 5.32 Å². The van der Waals surface area contributed by atoms with E-state index < -0.39 is 11.6 Å². The average molecular weight is 213 g/mol. The molecule has 1 aliphatic carbocycles. The van der Waals surface area contributed by atoms with E-state index in [-0.39, 0.29) is 17.8 Å². The smallest absolute Gasteiger partial charge is 0.328 e. The van der Waals surface area contributed by atoms with Gasteiger partial charge in [0.1, 0.15) is 11.6 Å². The van der Waals surface area contributed by atoms with Crippen LogP contribution in [0.1, 0.15) is 40.5 Å². The Labute approximate surface area is 90.4 Å². The Bertz CT molecular complexity index is 263. The van der Waals surface area contributed by atoms with Gasteiger partial charge >= 0.3 is 5.97 Å². The summed E-state index contributed by atoms with van der Waals surface area (Å²) in [4.78, 5) is 22.9. The van der Waals surface area contributed by atoms with Crippen LogP contribution in [0.15, 0.2) is 0 Å². The first kappa shape index (κ1) is 12.0. The molecule has 1 N–H and O–H groups in total. The average Bonchev–Trinajstić information content (AvgIpc) is 2.82. The molecule has 0 aromatic carbocycles. The minimum absolute atomic E-state index is 0.0339. The van der Waals surface area contributed by atoms with Gasteiger partial charge in [0.15, 0.2) is 0 Å². The largest absolute Gasteiger partial charge is 0.458 e. The molecule has 0 heterocycles. The summed E-state index contributed by atoms with van der Waals surface area (Å²) in [5, 5.41) is 2.65. The van der Waals surface area contributed by atoms with Crippen LogP contribution in [0.5, 0.6) is 0 Å². The number of amides is 1. The van der Waals surface area contributed by atoms with Crippen molar-refractivity contribution in [1.82, 2.24) is 5.32 Å². The van der Waals surface area contributed by atoms with Gasteiger partial charge in [-0.05, 0) is 40.5 Å². The standard InChI is InChI=1S/C11H19NO3/c1-7(10(14)15-11(2,3)4)12-9(13)8-5-6-8/h7-8H,5-6H2,1-4H3,(H,12,13). The van der Waals surface area contributed by atoms with Gasteiger partial charge in [-0.15, -0.1) is 0 Å². The Morgan fingerprint density at radius 3 is 2.27 bits per heavy atom.